The van der Waals surface area contributed by atoms with Gasteiger partial charge in [-0.15, -0.1) is 0 Å². The highest BCUT2D eigenvalue weighted by atomic mass is 28.3. The molecule has 1 N–H and O–H groups in total. The van der Waals surface area contributed by atoms with Crippen LogP contribution in [0, 0.1) is 5.82 Å². The van der Waals surface area contributed by atoms with E-state index in [1.807, 2.05) is 30.3 Å². The number of amides is 1. The van der Waals surface area contributed by atoms with Crippen molar-refractivity contribution in [1.82, 2.24) is 29.8 Å². The first-order chi connectivity index (χ1) is 19.8. The Morgan fingerprint density at radius 2 is 1.93 bits per heavy atom. The number of cyclic esters (lactones) is 1. The summed E-state index contributed by atoms with van der Waals surface area (Å²) < 4.78 is 28.0. The summed E-state index contributed by atoms with van der Waals surface area (Å²) in [4.78, 5) is 23.4. The van der Waals surface area contributed by atoms with Gasteiger partial charge in [-0.2, -0.15) is 10.2 Å². The number of fused-ring (bicyclic) bond motifs is 1. The quantitative estimate of drug-likeness (QED) is 0.174. The second-order valence-electron chi connectivity index (χ2n) is 11.1. The third kappa shape index (κ3) is 5.61. The highest BCUT2D eigenvalue weighted by Crippen LogP contribution is 2.34. The van der Waals surface area contributed by atoms with E-state index in [4.69, 9.17) is 14.5 Å². The number of nitrogens with one attached hydrogen (secondary N) is 1. The van der Waals surface area contributed by atoms with E-state index in [0.717, 1.165) is 11.6 Å². The summed E-state index contributed by atoms with van der Waals surface area (Å²) in [5.74, 6) is 0.758. The number of nitrogens with zero attached hydrogens (tertiary/aromatic N) is 6. The molecule has 1 fully saturated rings. The molecule has 0 bridgehead atoms. The number of H-pyrrole nitrogens is 1. The predicted octanol–water partition coefficient (Wildman–Crippen LogP) is 5.87. The minimum atomic E-state index is -1.18. The van der Waals surface area contributed by atoms with E-state index in [-0.39, 0.29) is 24.0 Å². The van der Waals surface area contributed by atoms with E-state index in [1.54, 1.807) is 35.1 Å². The molecular formula is C29H30FN7O3Si. The molecule has 0 spiro atoms. The van der Waals surface area contributed by atoms with E-state index >= 15 is 4.39 Å². The Balaban J connectivity index is 1.24. The lowest BCUT2D eigenvalue weighted by Gasteiger charge is -2.20. The molecule has 0 aliphatic carbocycles. The second kappa shape index (κ2) is 10.9. The van der Waals surface area contributed by atoms with Crippen LogP contribution in [0.2, 0.25) is 25.7 Å². The van der Waals surface area contributed by atoms with Crippen LogP contribution in [0.15, 0.2) is 67.0 Å². The van der Waals surface area contributed by atoms with Gasteiger partial charge in [-0.05, 0) is 35.4 Å². The van der Waals surface area contributed by atoms with Gasteiger partial charge >= 0.3 is 6.09 Å². The molecule has 2 aromatic carbocycles. The van der Waals surface area contributed by atoms with Crippen molar-refractivity contribution >= 4 is 25.6 Å². The van der Waals surface area contributed by atoms with E-state index < -0.39 is 20.0 Å². The molecule has 10 nitrogen and oxygen atoms in total. The standard InChI is InChI=1S/C29H30FN7O3Si/c1-41(2,3)14-13-39-18-25-32-27(35-34-25)21-10-9-20(15-23(21)30)22-16-31-36-12-11-26(33-28(22)36)37-24(17-40-29(37)38)19-7-5-4-6-8-19/h4-12,15-16,24H,13-14,17-18H2,1-3H3,(H,32,34,35)/t24-/m1/s1. The number of ether oxygens (including phenoxy) is 2. The molecule has 5 aromatic rings. The summed E-state index contributed by atoms with van der Waals surface area (Å²) in [6, 6.07) is 17.0. The predicted molar refractivity (Wildman–Crippen MR) is 155 cm³/mol. The third-order valence-electron chi connectivity index (χ3n) is 6.95. The topological polar surface area (TPSA) is 111 Å². The highest BCUT2D eigenvalue weighted by molar-refractivity contribution is 6.76. The number of hydrogen-bond donors (Lipinski definition) is 1. The fourth-order valence-corrected chi connectivity index (χ4v) is 5.44. The molecule has 0 saturated carbocycles. The largest absolute Gasteiger partial charge is 0.447 e. The highest BCUT2D eigenvalue weighted by Gasteiger charge is 2.36. The molecule has 0 radical (unpaired) electrons. The Labute approximate surface area is 237 Å². The summed E-state index contributed by atoms with van der Waals surface area (Å²) in [6.07, 6.45) is 2.88. The van der Waals surface area contributed by atoms with Crippen molar-refractivity contribution in [3.8, 4) is 22.5 Å². The minimum Gasteiger partial charge on any atom is -0.447 e. The summed E-state index contributed by atoms with van der Waals surface area (Å²) in [6.45, 7) is 8.06. The van der Waals surface area contributed by atoms with Crippen LogP contribution in [0.25, 0.3) is 28.2 Å². The van der Waals surface area contributed by atoms with Gasteiger partial charge in [0.1, 0.15) is 30.9 Å². The monoisotopic (exact) mass is 571 g/mol. The van der Waals surface area contributed by atoms with Crippen LogP contribution in [0.5, 0.6) is 0 Å². The Morgan fingerprint density at radius 3 is 2.71 bits per heavy atom. The maximum atomic E-state index is 15.4. The van der Waals surface area contributed by atoms with E-state index in [0.29, 0.717) is 41.6 Å². The number of aromatic nitrogens is 6. The maximum Gasteiger partial charge on any atom is 0.416 e. The van der Waals surface area contributed by atoms with Crippen molar-refractivity contribution in [2.75, 3.05) is 18.1 Å². The zero-order chi connectivity index (χ0) is 28.6. The molecule has 1 aliphatic heterocycles. The van der Waals surface area contributed by atoms with Crippen LogP contribution in [0.1, 0.15) is 17.4 Å². The molecule has 1 amide bonds. The second-order valence-corrected chi connectivity index (χ2v) is 16.8. The van der Waals surface area contributed by atoms with Crippen LogP contribution < -0.4 is 4.90 Å². The summed E-state index contributed by atoms with van der Waals surface area (Å²) >= 11 is 0. The maximum absolute atomic E-state index is 15.4. The third-order valence-corrected chi connectivity index (χ3v) is 8.65. The van der Waals surface area contributed by atoms with Gasteiger partial charge in [0.05, 0.1) is 11.8 Å². The van der Waals surface area contributed by atoms with Gasteiger partial charge in [0.25, 0.3) is 0 Å². The number of hydrogen-bond acceptors (Lipinski definition) is 7. The molecule has 1 atom stereocenters. The number of rotatable bonds is 9. The van der Waals surface area contributed by atoms with Gasteiger partial charge in [-0.25, -0.2) is 23.7 Å². The molecule has 41 heavy (non-hydrogen) atoms. The zero-order valence-electron chi connectivity index (χ0n) is 23.0. The normalized spacial score (nSPS) is 15.6. The molecule has 3 aromatic heterocycles. The Bertz CT molecular complexity index is 1700. The lowest BCUT2D eigenvalue weighted by Crippen LogP contribution is -2.28. The van der Waals surface area contributed by atoms with Crippen LogP contribution in [-0.4, -0.2) is 57.2 Å². The SMILES string of the molecule is C[Si](C)(C)CCOCc1nc(-c2ccc(-c3cnn4ccc(N5C(=O)OC[C@@H]5c5ccccc5)nc34)cc2F)n[nH]1. The van der Waals surface area contributed by atoms with Crippen molar-refractivity contribution in [2.45, 2.75) is 38.3 Å². The van der Waals surface area contributed by atoms with Crippen LogP contribution >= 0.6 is 0 Å². The van der Waals surface area contributed by atoms with E-state index in [2.05, 4.69) is 39.9 Å². The lowest BCUT2D eigenvalue weighted by molar-refractivity contribution is 0.127. The molecule has 210 valence electrons. The average Bonchev–Trinajstić information content (AvgIpc) is 3.69. The summed E-state index contributed by atoms with van der Waals surface area (Å²) in [5.41, 5.74) is 2.90. The van der Waals surface area contributed by atoms with Crippen LogP contribution in [0.4, 0.5) is 15.0 Å². The van der Waals surface area contributed by atoms with Crippen molar-refractivity contribution in [3.05, 3.63) is 84.2 Å². The van der Waals surface area contributed by atoms with Crippen LogP contribution in [-0.2, 0) is 16.1 Å². The van der Waals surface area contributed by atoms with Gasteiger partial charge in [0.2, 0.25) is 0 Å². The van der Waals surface area contributed by atoms with Gasteiger partial charge in [0, 0.05) is 26.4 Å². The minimum absolute atomic E-state index is 0.224. The van der Waals surface area contributed by atoms with Crippen molar-refractivity contribution < 1.29 is 18.7 Å². The summed E-state index contributed by atoms with van der Waals surface area (Å²) in [5, 5.41) is 11.4. The number of carbonyl (C=O) groups excluding carboxylic acids is 1. The Hall–Kier alpha value is -4.42. The fraction of sp³-hybridized carbons (Fsp3) is 0.276. The fourth-order valence-electron chi connectivity index (χ4n) is 4.68. The molecule has 4 heterocycles. The first-order valence-corrected chi connectivity index (χ1v) is 17.1. The number of benzene rings is 2. The van der Waals surface area contributed by atoms with Crippen molar-refractivity contribution in [1.29, 1.82) is 0 Å². The van der Waals surface area contributed by atoms with Crippen LogP contribution in [0.3, 0.4) is 0 Å². The van der Waals surface area contributed by atoms with Crippen molar-refractivity contribution in [3.63, 3.8) is 0 Å². The molecule has 6 rings (SSSR count). The van der Waals surface area contributed by atoms with Gasteiger partial charge < -0.3 is 9.47 Å². The number of carbonyl (C=O) groups is 1. The average molecular weight is 572 g/mol. The van der Waals surface area contributed by atoms with Crippen molar-refractivity contribution in [2.24, 2.45) is 0 Å². The van der Waals surface area contributed by atoms with Gasteiger partial charge in [0.15, 0.2) is 17.3 Å². The summed E-state index contributed by atoms with van der Waals surface area (Å²) in [7, 11) is -1.18. The molecule has 12 heteroatoms. The first kappa shape index (κ1) is 26.8. The number of anilines is 1. The zero-order valence-corrected chi connectivity index (χ0v) is 24.0. The van der Waals surface area contributed by atoms with E-state index in [9.17, 15) is 4.79 Å². The Kier molecular flexibility index (Phi) is 7.10. The van der Waals surface area contributed by atoms with E-state index in [1.165, 1.54) is 11.0 Å². The molecule has 1 saturated heterocycles. The number of halogens is 1. The molecule has 0 unspecified atom stereocenters. The van der Waals surface area contributed by atoms with Gasteiger partial charge in [-0.1, -0.05) is 56.0 Å². The van der Waals surface area contributed by atoms with Gasteiger partial charge in [-0.3, -0.25) is 10.00 Å². The lowest BCUT2D eigenvalue weighted by atomic mass is 10.1. The Morgan fingerprint density at radius 1 is 1.10 bits per heavy atom. The molecular weight excluding hydrogens is 541 g/mol. The molecule has 1 aliphatic rings. The first-order valence-electron chi connectivity index (χ1n) is 13.4. The number of aromatic amines is 1. The smallest absolute Gasteiger partial charge is 0.416 e.